The number of carboxylic acids is 1. The molecule has 1 saturated heterocycles. The van der Waals surface area contributed by atoms with Crippen LogP contribution in [0.25, 0.3) is 0 Å². The number of hydrogen-bond donors (Lipinski definition) is 2. The largest absolute Gasteiger partial charge is 0.481 e. The van der Waals surface area contributed by atoms with Gasteiger partial charge in [-0.1, -0.05) is 12.1 Å². The summed E-state index contributed by atoms with van der Waals surface area (Å²) in [5.41, 5.74) is 0. The molecule has 1 aromatic rings. The van der Waals surface area contributed by atoms with Crippen molar-refractivity contribution in [1.82, 2.24) is 5.32 Å². The maximum Gasteiger partial charge on any atom is 0.311 e. The summed E-state index contributed by atoms with van der Waals surface area (Å²) in [5.74, 6) is -2.92. The summed E-state index contributed by atoms with van der Waals surface area (Å²) < 4.78 is 23.7. The van der Waals surface area contributed by atoms with Crippen molar-refractivity contribution < 1.29 is 28.6 Å². The van der Waals surface area contributed by atoms with Crippen LogP contribution in [0, 0.1) is 11.7 Å². The van der Waals surface area contributed by atoms with Crippen molar-refractivity contribution in [3.05, 3.63) is 30.1 Å². The molecule has 2 N–H and O–H groups in total. The number of ether oxygens (including phenoxy) is 2. The molecule has 2 rings (SSSR count). The Labute approximate surface area is 120 Å². The number of carbonyl (C=O) groups excluding carboxylic acids is 1. The minimum Gasteiger partial charge on any atom is -0.481 e. The van der Waals surface area contributed by atoms with E-state index in [1.807, 2.05) is 0 Å². The minimum absolute atomic E-state index is 0.0300. The van der Waals surface area contributed by atoms with Crippen LogP contribution in [0.1, 0.15) is 6.92 Å². The van der Waals surface area contributed by atoms with Gasteiger partial charge >= 0.3 is 5.97 Å². The molecule has 0 radical (unpaired) electrons. The van der Waals surface area contributed by atoms with Crippen molar-refractivity contribution in [1.29, 1.82) is 0 Å². The number of halogens is 1. The Morgan fingerprint density at radius 3 is 2.81 bits per heavy atom. The van der Waals surface area contributed by atoms with Crippen LogP contribution in [0.5, 0.6) is 5.75 Å². The molecule has 1 heterocycles. The van der Waals surface area contributed by atoms with Gasteiger partial charge in [-0.3, -0.25) is 9.59 Å². The quantitative estimate of drug-likeness (QED) is 0.840. The molecule has 1 aliphatic rings. The zero-order valence-electron chi connectivity index (χ0n) is 11.4. The maximum absolute atomic E-state index is 13.4. The molecular formula is C14H16FNO5. The summed E-state index contributed by atoms with van der Waals surface area (Å²) in [7, 11) is 0. The Hall–Kier alpha value is -2.15. The van der Waals surface area contributed by atoms with Gasteiger partial charge in [-0.25, -0.2) is 4.39 Å². The number of amides is 1. The van der Waals surface area contributed by atoms with Crippen LogP contribution in [-0.2, 0) is 14.3 Å². The Kier molecular flexibility index (Phi) is 4.74. The number of rotatable bonds is 5. The predicted octanol–water partition coefficient (Wildman–Crippen LogP) is 0.809. The second kappa shape index (κ2) is 6.53. The van der Waals surface area contributed by atoms with E-state index in [0.717, 1.165) is 0 Å². The van der Waals surface area contributed by atoms with Crippen LogP contribution in [0.2, 0.25) is 0 Å². The number of nitrogens with one attached hydrogen (secondary N) is 1. The van der Waals surface area contributed by atoms with Gasteiger partial charge < -0.3 is 19.9 Å². The monoisotopic (exact) mass is 297 g/mol. The van der Waals surface area contributed by atoms with Gasteiger partial charge in [-0.15, -0.1) is 0 Å². The predicted molar refractivity (Wildman–Crippen MR) is 70.4 cm³/mol. The number of benzene rings is 1. The Bertz CT molecular complexity index is 536. The second-order valence-electron chi connectivity index (χ2n) is 4.79. The van der Waals surface area contributed by atoms with Gasteiger partial charge in [0, 0.05) is 0 Å². The normalized spacial score (nSPS) is 22.6. The highest BCUT2D eigenvalue weighted by Crippen LogP contribution is 2.18. The Morgan fingerprint density at radius 2 is 2.14 bits per heavy atom. The Morgan fingerprint density at radius 1 is 1.43 bits per heavy atom. The number of carbonyl (C=O) groups is 2. The fraction of sp³-hybridized carbons (Fsp3) is 0.429. The molecule has 114 valence electrons. The topological polar surface area (TPSA) is 84.9 Å². The van der Waals surface area contributed by atoms with Crippen molar-refractivity contribution >= 4 is 11.9 Å². The maximum atomic E-state index is 13.4. The highest BCUT2D eigenvalue weighted by atomic mass is 19.1. The van der Waals surface area contributed by atoms with E-state index in [0.29, 0.717) is 0 Å². The van der Waals surface area contributed by atoms with E-state index < -0.39 is 35.8 Å². The fourth-order valence-electron chi connectivity index (χ4n) is 2.02. The lowest BCUT2D eigenvalue weighted by Crippen LogP contribution is -2.47. The summed E-state index contributed by atoms with van der Waals surface area (Å²) in [6.07, 6.45) is -0.947. The van der Waals surface area contributed by atoms with Gasteiger partial charge in [0.1, 0.15) is 5.92 Å². The molecule has 1 fully saturated rings. The highest BCUT2D eigenvalue weighted by molar-refractivity contribution is 5.82. The van der Waals surface area contributed by atoms with E-state index in [1.54, 1.807) is 6.07 Å². The van der Waals surface area contributed by atoms with Crippen LogP contribution in [0.3, 0.4) is 0 Å². The third kappa shape index (κ3) is 3.69. The molecule has 0 bridgehead atoms. The standard InChI is InChI=1S/C14H16FNO5/c1-8(21-12-5-3-2-4-10(12)15)13(17)16-11-7-20-6-9(11)14(18)19/h2-5,8-9,11H,6-7H2,1H3,(H,16,17)(H,18,19). The Balaban J connectivity index is 1.94. The van der Waals surface area contributed by atoms with E-state index in [2.05, 4.69) is 5.32 Å². The molecule has 6 nitrogen and oxygen atoms in total. The molecule has 7 heteroatoms. The minimum atomic E-state index is -1.03. The zero-order chi connectivity index (χ0) is 15.4. The van der Waals surface area contributed by atoms with Gasteiger partial charge in [-0.05, 0) is 19.1 Å². The lowest BCUT2D eigenvalue weighted by atomic mass is 10.0. The van der Waals surface area contributed by atoms with Crippen molar-refractivity contribution in [2.75, 3.05) is 13.2 Å². The molecule has 0 saturated carbocycles. The number of hydrogen-bond acceptors (Lipinski definition) is 4. The highest BCUT2D eigenvalue weighted by Gasteiger charge is 2.36. The van der Waals surface area contributed by atoms with Gasteiger partial charge in [0.2, 0.25) is 0 Å². The molecule has 3 atom stereocenters. The van der Waals surface area contributed by atoms with Gasteiger partial charge in [-0.2, -0.15) is 0 Å². The summed E-state index contributed by atoms with van der Waals surface area (Å²) in [6, 6.07) is 5.14. The zero-order valence-corrected chi connectivity index (χ0v) is 11.4. The van der Waals surface area contributed by atoms with E-state index in [4.69, 9.17) is 14.6 Å². The molecular weight excluding hydrogens is 281 g/mol. The molecule has 1 aliphatic heterocycles. The van der Waals surface area contributed by atoms with E-state index in [-0.39, 0.29) is 19.0 Å². The van der Waals surface area contributed by atoms with E-state index >= 15 is 0 Å². The van der Waals surface area contributed by atoms with Crippen LogP contribution in [0.4, 0.5) is 4.39 Å². The lowest BCUT2D eigenvalue weighted by Gasteiger charge is -2.19. The lowest BCUT2D eigenvalue weighted by molar-refractivity contribution is -0.142. The fourth-order valence-corrected chi connectivity index (χ4v) is 2.02. The average Bonchev–Trinajstić information content (AvgIpc) is 2.89. The first-order chi connectivity index (χ1) is 9.99. The van der Waals surface area contributed by atoms with E-state index in [1.165, 1.54) is 25.1 Å². The van der Waals surface area contributed by atoms with Crippen LogP contribution >= 0.6 is 0 Å². The molecule has 0 aliphatic carbocycles. The first-order valence-corrected chi connectivity index (χ1v) is 6.51. The van der Waals surface area contributed by atoms with Crippen molar-refractivity contribution in [3.8, 4) is 5.75 Å². The van der Waals surface area contributed by atoms with Gasteiger partial charge in [0.15, 0.2) is 17.7 Å². The summed E-state index contributed by atoms with van der Waals surface area (Å²) >= 11 is 0. The van der Waals surface area contributed by atoms with Crippen molar-refractivity contribution in [2.45, 2.75) is 19.1 Å². The van der Waals surface area contributed by atoms with E-state index in [9.17, 15) is 14.0 Å². The van der Waals surface area contributed by atoms with Crippen molar-refractivity contribution in [2.24, 2.45) is 5.92 Å². The molecule has 1 amide bonds. The van der Waals surface area contributed by atoms with Crippen LogP contribution < -0.4 is 10.1 Å². The summed E-state index contributed by atoms with van der Waals surface area (Å²) in [4.78, 5) is 23.0. The third-order valence-electron chi connectivity index (χ3n) is 3.23. The molecule has 0 spiro atoms. The molecule has 0 aromatic heterocycles. The number of para-hydroxylation sites is 1. The SMILES string of the molecule is CC(Oc1ccccc1F)C(=O)NC1COCC1C(=O)O. The average molecular weight is 297 g/mol. The van der Waals surface area contributed by atoms with Crippen LogP contribution in [0.15, 0.2) is 24.3 Å². The summed E-state index contributed by atoms with van der Waals surface area (Å²) in [6.45, 7) is 1.66. The third-order valence-corrected chi connectivity index (χ3v) is 3.23. The smallest absolute Gasteiger partial charge is 0.311 e. The van der Waals surface area contributed by atoms with Gasteiger partial charge in [0.05, 0.1) is 19.3 Å². The van der Waals surface area contributed by atoms with Gasteiger partial charge in [0.25, 0.3) is 5.91 Å². The first-order valence-electron chi connectivity index (χ1n) is 6.51. The van der Waals surface area contributed by atoms with Crippen molar-refractivity contribution in [3.63, 3.8) is 0 Å². The van der Waals surface area contributed by atoms with Crippen LogP contribution in [-0.4, -0.2) is 42.3 Å². The number of aliphatic carboxylic acids is 1. The molecule has 1 aromatic carbocycles. The first kappa shape index (κ1) is 15.2. The molecule has 3 unspecified atom stereocenters. The number of carboxylic acid groups (broad SMARTS) is 1. The second-order valence-corrected chi connectivity index (χ2v) is 4.79. The summed E-state index contributed by atoms with van der Waals surface area (Å²) in [5, 5.41) is 11.6. The molecule has 21 heavy (non-hydrogen) atoms.